The van der Waals surface area contributed by atoms with Crippen molar-refractivity contribution in [1.82, 2.24) is 14.5 Å². The second-order valence-electron chi connectivity index (χ2n) is 7.87. The second kappa shape index (κ2) is 9.28. The lowest BCUT2D eigenvalue weighted by atomic mass is 10.1. The maximum atomic E-state index is 13.1. The molecule has 0 amide bonds. The molecule has 0 unspecified atom stereocenters. The third kappa shape index (κ3) is 4.86. The first-order valence-electron chi connectivity index (χ1n) is 10.3. The average molecular weight is 454 g/mol. The Bertz CT molecular complexity index is 1280. The van der Waals surface area contributed by atoms with Crippen LogP contribution in [0, 0.1) is 12.8 Å². The summed E-state index contributed by atoms with van der Waals surface area (Å²) in [5.41, 5.74) is 2.39. The van der Waals surface area contributed by atoms with Gasteiger partial charge in [-0.25, -0.2) is 9.97 Å². The quantitative estimate of drug-likeness (QED) is 0.241. The van der Waals surface area contributed by atoms with Crippen molar-refractivity contribution in [3.63, 3.8) is 0 Å². The molecule has 7 heteroatoms. The van der Waals surface area contributed by atoms with E-state index in [4.69, 9.17) is 21.0 Å². The normalized spacial score (nSPS) is 11.5. The van der Waals surface area contributed by atoms with Crippen molar-refractivity contribution in [2.24, 2.45) is 5.92 Å². The summed E-state index contributed by atoms with van der Waals surface area (Å²) in [4.78, 5) is 22.6. The predicted octanol–water partition coefficient (Wildman–Crippen LogP) is 6.35. The van der Waals surface area contributed by atoms with Crippen LogP contribution in [0.4, 0.5) is 0 Å². The van der Waals surface area contributed by atoms with E-state index in [9.17, 15) is 4.79 Å². The summed E-state index contributed by atoms with van der Waals surface area (Å²) in [6.45, 7) is 6.85. The number of thioether (sulfide) groups is 1. The molecule has 2 aromatic carbocycles. The van der Waals surface area contributed by atoms with Crippen LogP contribution in [-0.4, -0.2) is 14.5 Å². The van der Waals surface area contributed by atoms with E-state index in [-0.39, 0.29) is 5.56 Å². The minimum Gasteiger partial charge on any atom is -0.441 e. The highest BCUT2D eigenvalue weighted by Crippen LogP contribution is 2.28. The molecule has 0 atom stereocenters. The van der Waals surface area contributed by atoms with Gasteiger partial charge < -0.3 is 4.42 Å². The molecule has 0 radical (unpaired) electrons. The van der Waals surface area contributed by atoms with Crippen molar-refractivity contribution in [2.75, 3.05) is 0 Å². The van der Waals surface area contributed by atoms with Crippen molar-refractivity contribution in [1.29, 1.82) is 0 Å². The Labute approximate surface area is 190 Å². The van der Waals surface area contributed by atoms with Crippen LogP contribution in [-0.2, 0) is 12.3 Å². The molecule has 0 saturated carbocycles. The molecular formula is C24H24ClN3O2S. The van der Waals surface area contributed by atoms with E-state index < -0.39 is 0 Å². The van der Waals surface area contributed by atoms with Crippen LogP contribution in [0.1, 0.15) is 31.7 Å². The fourth-order valence-electron chi connectivity index (χ4n) is 3.28. The zero-order valence-corrected chi connectivity index (χ0v) is 19.3. The van der Waals surface area contributed by atoms with Gasteiger partial charge >= 0.3 is 0 Å². The fourth-order valence-corrected chi connectivity index (χ4v) is 4.50. The van der Waals surface area contributed by atoms with Gasteiger partial charge in [0.25, 0.3) is 5.56 Å². The maximum absolute atomic E-state index is 13.1. The zero-order chi connectivity index (χ0) is 22.0. The molecule has 0 fully saturated rings. The van der Waals surface area contributed by atoms with Crippen LogP contribution >= 0.6 is 23.4 Å². The zero-order valence-electron chi connectivity index (χ0n) is 17.8. The van der Waals surface area contributed by atoms with Gasteiger partial charge in [-0.15, -0.1) is 0 Å². The molecule has 0 saturated heterocycles. The van der Waals surface area contributed by atoms with Crippen LogP contribution in [0.2, 0.25) is 5.02 Å². The minimum absolute atomic E-state index is 0.00485. The Morgan fingerprint density at radius 2 is 1.94 bits per heavy atom. The largest absolute Gasteiger partial charge is 0.441 e. The third-order valence-corrected chi connectivity index (χ3v) is 6.28. The molecular weight excluding hydrogens is 430 g/mol. The lowest BCUT2D eigenvalue weighted by Crippen LogP contribution is -2.24. The van der Waals surface area contributed by atoms with Gasteiger partial charge in [0.05, 0.1) is 16.6 Å². The molecule has 0 aliphatic carbocycles. The van der Waals surface area contributed by atoms with Gasteiger partial charge in [-0.05, 0) is 49.6 Å². The van der Waals surface area contributed by atoms with Crippen molar-refractivity contribution >= 4 is 34.3 Å². The first kappa shape index (κ1) is 21.7. The molecule has 31 heavy (non-hydrogen) atoms. The number of fused-ring (bicyclic) bond motifs is 1. The van der Waals surface area contributed by atoms with Gasteiger partial charge in [0.1, 0.15) is 5.76 Å². The van der Waals surface area contributed by atoms with Crippen molar-refractivity contribution in [3.8, 4) is 11.5 Å². The number of nitrogens with zero attached hydrogens (tertiary/aromatic N) is 3. The molecule has 2 heterocycles. The van der Waals surface area contributed by atoms with Crippen LogP contribution in [0.5, 0.6) is 0 Å². The molecule has 4 aromatic rings. The minimum atomic E-state index is 0.00485. The molecule has 0 aliphatic rings. The average Bonchev–Trinajstić information content (AvgIpc) is 3.12. The van der Waals surface area contributed by atoms with Crippen molar-refractivity contribution in [2.45, 2.75) is 44.6 Å². The molecule has 0 bridgehead atoms. The number of hydrogen-bond acceptors (Lipinski definition) is 5. The molecule has 0 N–H and O–H groups in total. The number of hydrogen-bond donors (Lipinski definition) is 0. The molecule has 4 rings (SSSR count). The summed E-state index contributed by atoms with van der Waals surface area (Å²) in [6, 6.07) is 14.9. The van der Waals surface area contributed by atoms with Crippen LogP contribution in [0.3, 0.4) is 0 Å². The lowest BCUT2D eigenvalue weighted by molar-refractivity contribution is 0.481. The van der Waals surface area contributed by atoms with Crippen molar-refractivity contribution < 1.29 is 4.42 Å². The summed E-state index contributed by atoms with van der Waals surface area (Å²) in [6.07, 6.45) is 0.912. The van der Waals surface area contributed by atoms with E-state index >= 15 is 0 Å². The maximum Gasteiger partial charge on any atom is 0.262 e. The topological polar surface area (TPSA) is 60.9 Å². The summed E-state index contributed by atoms with van der Waals surface area (Å²) in [5, 5.41) is 1.99. The molecule has 0 spiro atoms. The molecule has 0 aliphatic heterocycles. The molecule has 160 valence electrons. The van der Waals surface area contributed by atoms with Crippen LogP contribution in [0.15, 0.2) is 62.9 Å². The van der Waals surface area contributed by atoms with Gasteiger partial charge in [-0.1, -0.05) is 55.4 Å². The number of rotatable bonds is 7. The summed E-state index contributed by atoms with van der Waals surface area (Å²) in [7, 11) is 0. The summed E-state index contributed by atoms with van der Waals surface area (Å²) >= 11 is 7.61. The Kier molecular flexibility index (Phi) is 6.49. The number of aromatic nitrogens is 3. The van der Waals surface area contributed by atoms with Crippen LogP contribution < -0.4 is 5.56 Å². The Hall–Kier alpha value is -2.57. The standard InChI is InChI=1S/C24H24ClN3O2S/c1-15(2)11-12-28-23(29)19-9-4-5-10-20(19)27-24(28)31-14-21-16(3)30-22(26-21)17-7-6-8-18(25)13-17/h4-10,13,15H,11-12,14H2,1-3H3. The van der Waals surface area contributed by atoms with E-state index in [1.807, 2.05) is 55.5 Å². The van der Waals surface area contributed by atoms with E-state index in [1.165, 1.54) is 11.8 Å². The van der Waals surface area contributed by atoms with Gasteiger partial charge in [-0.3, -0.25) is 9.36 Å². The fraction of sp³-hybridized carbons (Fsp3) is 0.292. The lowest BCUT2D eigenvalue weighted by Gasteiger charge is -2.14. The van der Waals surface area contributed by atoms with E-state index in [1.54, 1.807) is 4.57 Å². The molecule has 5 nitrogen and oxygen atoms in total. The van der Waals surface area contributed by atoms with E-state index in [0.717, 1.165) is 23.4 Å². The number of aryl methyl sites for hydroxylation is 1. The third-order valence-electron chi connectivity index (χ3n) is 5.06. The van der Waals surface area contributed by atoms with Gasteiger partial charge in [0.15, 0.2) is 5.16 Å². The van der Waals surface area contributed by atoms with Gasteiger partial charge in [-0.2, -0.15) is 0 Å². The van der Waals surface area contributed by atoms with Crippen LogP contribution in [0.25, 0.3) is 22.4 Å². The Morgan fingerprint density at radius 3 is 2.71 bits per heavy atom. The number of para-hydroxylation sites is 1. The smallest absolute Gasteiger partial charge is 0.262 e. The SMILES string of the molecule is Cc1oc(-c2cccc(Cl)c2)nc1CSc1nc2ccccc2c(=O)n1CCC(C)C. The summed E-state index contributed by atoms with van der Waals surface area (Å²) < 4.78 is 7.67. The van der Waals surface area contributed by atoms with Gasteiger partial charge in [0, 0.05) is 22.9 Å². The van der Waals surface area contributed by atoms with Gasteiger partial charge in [0.2, 0.25) is 5.89 Å². The first-order chi connectivity index (χ1) is 14.9. The number of halogens is 1. The predicted molar refractivity (Wildman–Crippen MR) is 127 cm³/mol. The monoisotopic (exact) mass is 453 g/mol. The van der Waals surface area contributed by atoms with Crippen molar-refractivity contribution in [3.05, 3.63) is 75.4 Å². The van der Waals surface area contributed by atoms with E-state index in [0.29, 0.717) is 45.2 Å². The Morgan fingerprint density at radius 1 is 1.13 bits per heavy atom. The Balaban J connectivity index is 1.64. The first-order valence-corrected chi connectivity index (χ1v) is 11.6. The highest BCUT2D eigenvalue weighted by atomic mass is 35.5. The molecule has 2 aromatic heterocycles. The second-order valence-corrected chi connectivity index (χ2v) is 9.25. The highest BCUT2D eigenvalue weighted by molar-refractivity contribution is 7.98. The number of benzene rings is 2. The number of oxazole rings is 1. The highest BCUT2D eigenvalue weighted by Gasteiger charge is 2.16. The summed E-state index contributed by atoms with van der Waals surface area (Å²) in [5.74, 6) is 2.34. The van der Waals surface area contributed by atoms with E-state index in [2.05, 4.69) is 18.8 Å².